The molecule has 2 aromatic carbocycles. The first-order valence-electron chi connectivity index (χ1n) is 8.54. The maximum atomic E-state index is 12.7. The van der Waals surface area contributed by atoms with Crippen LogP contribution in [0.15, 0.2) is 47.5 Å². The monoisotopic (exact) mass is 417 g/mol. The summed E-state index contributed by atoms with van der Waals surface area (Å²) in [5.74, 6) is -1.64. The Labute approximate surface area is 166 Å². The fourth-order valence-electron chi connectivity index (χ4n) is 2.95. The first kappa shape index (κ1) is 20.4. The number of carboxylic acids is 1. The van der Waals surface area contributed by atoms with Crippen LogP contribution in [0.1, 0.15) is 21.5 Å². The van der Waals surface area contributed by atoms with E-state index in [-0.39, 0.29) is 21.8 Å². The molecule has 0 aliphatic rings. The largest absolute Gasteiger partial charge is 0.481 e. The number of nitrogens with one attached hydrogen (secondary N) is 3. The van der Waals surface area contributed by atoms with Gasteiger partial charge in [-0.1, -0.05) is 24.3 Å². The Bertz CT molecular complexity index is 1200. The lowest BCUT2D eigenvalue weighted by Crippen LogP contribution is -2.41. The predicted molar refractivity (Wildman–Crippen MR) is 105 cm³/mol. The molecule has 1 aromatic heterocycles. The van der Waals surface area contributed by atoms with Gasteiger partial charge in [0.05, 0.1) is 10.5 Å². The second kappa shape index (κ2) is 7.94. The van der Waals surface area contributed by atoms with Crippen molar-refractivity contribution in [2.45, 2.75) is 18.7 Å². The standard InChI is InChI=1S/C19H19N3O6S/c1-11-7-8-16(12(2)18(11)28-10-17(23)24)29(26,27)22-21-19(25)14-9-20-15-6-4-3-5-13(14)15/h3-9,20,22H,10H2,1-2H3,(H,21,25)(H,23,24). The van der Waals surface area contributed by atoms with Gasteiger partial charge in [-0.2, -0.15) is 0 Å². The third-order valence-corrected chi connectivity index (χ3v) is 5.71. The Kier molecular flexibility index (Phi) is 5.57. The van der Waals surface area contributed by atoms with Gasteiger partial charge in [-0.05, 0) is 31.5 Å². The van der Waals surface area contributed by atoms with E-state index in [4.69, 9.17) is 9.84 Å². The van der Waals surface area contributed by atoms with E-state index >= 15 is 0 Å². The lowest BCUT2D eigenvalue weighted by atomic mass is 10.1. The van der Waals surface area contributed by atoms with Gasteiger partial charge in [-0.25, -0.2) is 13.2 Å². The summed E-state index contributed by atoms with van der Waals surface area (Å²) in [6.07, 6.45) is 1.49. The van der Waals surface area contributed by atoms with Crippen LogP contribution in [0, 0.1) is 13.8 Å². The number of rotatable bonds is 7. The summed E-state index contributed by atoms with van der Waals surface area (Å²) in [5, 5.41) is 9.44. The van der Waals surface area contributed by atoms with Crippen LogP contribution in [0.5, 0.6) is 5.75 Å². The van der Waals surface area contributed by atoms with Gasteiger partial charge in [0.1, 0.15) is 5.75 Å². The van der Waals surface area contributed by atoms with Gasteiger partial charge in [0.2, 0.25) is 0 Å². The molecule has 1 amide bonds. The van der Waals surface area contributed by atoms with Crippen LogP contribution in [0.25, 0.3) is 10.9 Å². The molecule has 0 unspecified atom stereocenters. The normalized spacial score (nSPS) is 11.4. The SMILES string of the molecule is Cc1ccc(S(=O)(=O)NNC(=O)c2c[nH]c3ccccc23)c(C)c1OCC(=O)O. The number of H-pyrrole nitrogens is 1. The lowest BCUT2D eigenvalue weighted by molar-refractivity contribution is -0.139. The minimum atomic E-state index is -4.13. The van der Waals surface area contributed by atoms with Crippen LogP contribution in [-0.4, -0.2) is 37.0 Å². The first-order valence-corrected chi connectivity index (χ1v) is 10.0. The molecule has 0 saturated carbocycles. The number of carbonyl (C=O) groups excluding carboxylic acids is 1. The molecule has 9 nitrogen and oxygen atoms in total. The van der Waals surface area contributed by atoms with Crippen molar-refractivity contribution in [3.63, 3.8) is 0 Å². The maximum Gasteiger partial charge on any atom is 0.341 e. The minimum absolute atomic E-state index is 0.136. The quantitative estimate of drug-likeness (QED) is 0.433. The molecule has 3 rings (SSSR count). The highest BCUT2D eigenvalue weighted by atomic mass is 32.2. The Hall–Kier alpha value is -3.37. The number of hydrogen-bond donors (Lipinski definition) is 4. The van der Waals surface area contributed by atoms with Crippen LogP contribution in [0.4, 0.5) is 0 Å². The Balaban J connectivity index is 1.81. The van der Waals surface area contributed by atoms with Crippen LogP contribution in [0.3, 0.4) is 0 Å². The van der Waals surface area contributed by atoms with E-state index in [0.29, 0.717) is 10.9 Å². The van der Waals surface area contributed by atoms with Gasteiger partial charge in [-0.15, -0.1) is 4.83 Å². The number of benzene rings is 2. The average Bonchev–Trinajstić information content (AvgIpc) is 3.10. The number of aryl methyl sites for hydroxylation is 1. The summed E-state index contributed by atoms with van der Waals surface area (Å²) in [5.41, 5.74) is 4.05. The molecule has 3 aromatic rings. The molecule has 152 valence electrons. The second-order valence-corrected chi connectivity index (χ2v) is 7.98. The van der Waals surface area contributed by atoms with Crippen molar-refractivity contribution < 1.29 is 27.9 Å². The summed E-state index contributed by atoms with van der Waals surface area (Å²) in [4.78, 5) is 28.1. The number of hydrazine groups is 1. The van der Waals surface area contributed by atoms with Gasteiger partial charge >= 0.3 is 5.97 Å². The lowest BCUT2D eigenvalue weighted by Gasteiger charge is -2.15. The van der Waals surface area contributed by atoms with E-state index in [9.17, 15) is 18.0 Å². The highest BCUT2D eigenvalue weighted by molar-refractivity contribution is 7.89. The number of aromatic amines is 1. The first-order chi connectivity index (χ1) is 13.7. The Morgan fingerprint density at radius 1 is 1.14 bits per heavy atom. The average molecular weight is 417 g/mol. The summed E-state index contributed by atoms with van der Waals surface area (Å²) < 4.78 is 30.6. The zero-order valence-corrected chi connectivity index (χ0v) is 16.5. The molecule has 4 N–H and O–H groups in total. The van der Waals surface area contributed by atoms with Gasteiger partial charge in [0, 0.05) is 22.7 Å². The van der Waals surface area contributed by atoms with Crippen LogP contribution >= 0.6 is 0 Å². The molecule has 0 radical (unpaired) electrons. The number of carbonyl (C=O) groups is 2. The number of ether oxygens (including phenoxy) is 1. The number of aliphatic carboxylic acids is 1. The number of para-hydroxylation sites is 1. The summed E-state index contributed by atoms with van der Waals surface area (Å²) in [6.45, 7) is 2.57. The Morgan fingerprint density at radius 2 is 1.86 bits per heavy atom. The number of fused-ring (bicyclic) bond motifs is 1. The molecule has 0 fully saturated rings. The van der Waals surface area contributed by atoms with Crippen molar-refractivity contribution in [1.29, 1.82) is 0 Å². The number of aromatic nitrogens is 1. The molecule has 0 saturated heterocycles. The topological polar surface area (TPSA) is 138 Å². The van der Waals surface area contributed by atoms with Gasteiger partial charge < -0.3 is 14.8 Å². The fraction of sp³-hybridized carbons (Fsp3) is 0.158. The van der Waals surface area contributed by atoms with E-state index in [1.807, 2.05) is 6.07 Å². The van der Waals surface area contributed by atoms with Crippen molar-refractivity contribution in [1.82, 2.24) is 15.2 Å². The molecule has 10 heteroatoms. The number of sulfonamides is 1. The van der Waals surface area contributed by atoms with Crippen molar-refractivity contribution in [2.24, 2.45) is 0 Å². The van der Waals surface area contributed by atoms with Gasteiger partial charge in [-0.3, -0.25) is 10.2 Å². The molecule has 0 spiro atoms. The number of hydrogen-bond acceptors (Lipinski definition) is 5. The van der Waals surface area contributed by atoms with E-state index in [1.165, 1.54) is 25.3 Å². The zero-order valence-electron chi connectivity index (χ0n) is 15.6. The second-order valence-electron chi connectivity index (χ2n) is 6.32. The third kappa shape index (κ3) is 4.23. The smallest absolute Gasteiger partial charge is 0.341 e. The molecule has 0 bridgehead atoms. The van der Waals surface area contributed by atoms with Crippen molar-refractivity contribution in [2.75, 3.05) is 6.61 Å². The van der Waals surface area contributed by atoms with Crippen molar-refractivity contribution in [3.8, 4) is 5.75 Å². The molecular weight excluding hydrogens is 398 g/mol. The molecular formula is C19H19N3O6S. The van der Waals surface area contributed by atoms with E-state index < -0.39 is 28.5 Å². The summed E-state index contributed by atoms with van der Waals surface area (Å²) in [6, 6.07) is 9.98. The highest BCUT2D eigenvalue weighted by Crippen LogP contribution is 2.29. The van der Waals surface area contributed by atoms with E-state index in [1.54, 1.807) is 25.1 Å². The molecule has 1 heterocycles. The molecule has 0 atom stereocenters. The molecule has 29 heavy (non-hydrogen) atoms. The van der Waals surface area contributed by atoms with Gasteiger partial charge in [0.15, 0.2) is 6.61 Å². The summed E-state index contributed by atoms with van der Waals surface area (Å²) >= 11 is 0. The van der Waals surface area contributed by atoms with Crippen molar-refractivity contribution >= 4 is 32.8 Å². The third-order valence-electron chi connectivity index (χ3n) is 4.32. The number of carboxylic acid groups (broad SMARTS) is 1. The molecule has 0 aliphatic heterocycles. The van der Waals surface area contributed by atoms with E-state index in [0.717, 1.165) is 5.52 Å². The van der Waals surface area contributed by atoms with Crippen molar-refractivity contribution in [3.05, 3.63) is 59.3 Å². The van der Waals surface area contributed by atoms with Crippen LogP contribution in [0.2, 0.25) is 0 Å². The number of amides is 1. The highest BCUT2D eigenvalue weighted by Gasteiger charge is 2.22. The fourth-order valence-corrected chi connectivity index (χ4v) is 4.03. The predicted octanol–water partition coefficient (Wildman–Crippen LogP) is 1.87. The van der Waals surface area contributed by atoms with Crippen LogP contribution < -0.4 is 15.0 Å². The summed E-state index contributed by atoms with van der Waals surface area (Å²) in [7, 11) is -4.13. The minimum Gasteiger partial charge on any atom is -0.481 e. The zero-order chi connectivity index (χ0) is 21.2. The van der Waals surface area contributed by atoms with E-state index in [2.05, 4.69) is 15.2 Å². The Morgan fingerprint density at radius 3 is 2.59 bits per heavy atom. The van der Waals surface area contributed by atoms with Gasteiger partial charge in [0.25, 0.3) is 15.9 Å². The maximum absolute atomic E-state index is 12.7. The molecule has 0 aliphatic carbocycles. The van der Waals surface area contributed by atoms with Crippen LogP contribution in [-0.2, 0) is 14.8 Å².